The molecule has 0 aliphatic carbocycles. The van der Waals surface area contributed by atoms with Crippen LogP contribution in [-0.4, -0.2) is 54.3 Å². The predicted molar refractivity (Wildman–Crippen MR) is 88.8 cm³/mol. The molecule has 0 atom stereocenters. The summed E-state index contributed by atoms with van der Waals surface area (Å²) in [5, 5.41) is 9.15. The third-order valence-electron chi connectivity index (χ3n) is 3.31. The minimum Gasteiger partial charge on any atom is -0.379 e. The van der Waals surface area contributed by atoms with Gasteiger partial charge in [0.1, 0.15) is 6.07 Å². The number of hydrogen-bond acceptors (Lipinski definition) is 5. The van der Waals surface area contributed by atoms with Crippen molar-refractivity contribution >= 4 is 27.4 Å². The van der Waals surface area contributed by atoms with Crippen LogP contribution in [0.3, 0.4) is 0 Å². The molecule has 1 aliphatic rings. The molecule has 1 aliphatic heterocycles. The highest BCUT2D eigenvalue weighted by molar-refractivity contribution is 7.93. The topological polar surface area (TPSA) is 78.1 Å². The van der Waals surface area contributed by atoms with Gasteiger partial charge in [0.25, 0.3) is 0 Å². The molecule has 1 saturated heterocycles. The van der Waals surface area contributed by atoms with Gasteiger partial charge in [0.15, 0.2) is 0 Å². The summed E-state index contributed by atoms with van der Waals surface area (Å²) in [5.74, 6) is 0.315. The second-order valence-corrected chi connectivity index (χ2v) is 8.13. The Hall–Kier alpha value is -2.12. The van der Waals surface area contributed by atoms with Crippen LogP contribution in [0.15, 0.2) is 21.5 Å². The first-order valence-electron chi connectivity index (χ1n) is 7.31. The zero-order chi connectivity index (χ0) is 18.7. The lowest BCUT2D eigenvalue weighted by molar-refractivity contribution is -0.137. The highest BCUT2D eigenvalue weighted by Gasteiger charge is 2.35. The quantitative estimate of drug-likeness (QED) is 0.602. The van der Waals surface area contributed by atoms with Gasteiger partial charge >= 0.3 is 6.18 Å². The average Bonchev–Trinajstić information content (AvgIpc) is 2.51. The van der Waals surface area contributed by atoms with Crippen LogP contribution in [0.25, 0.3) is 0 Å². The summed E-state index contributed by atoms with van der Waals surface area (Å²) < 4.78 is 61.7. The molecule has 0 saturated carbocycles. The summed E-state index contributed by atoms with van der Waals surface area (Å²) in [6.07, 6.45) is -3.46. The fourth-order valence-corrected chi connectivity index (χ4v) is 3.78. The van der Waals surface area contributed by atoms with Crippen molar-refractivity contribution in [2.24, 2.45) is 9.36 Å². The van der Waals surface area contributed by atoms with E-state index >= 15 is 0 Å². The Morgan fingerprint density at radius 1 is 1.32 bits per heavy atom. The molecule has 0 spiro atoms. The summed E-state index contributed by atoms with van der Waals surface area (Å²) in [4.78, 5) is 5.45. The molecule has 25 heavy (non-hydrogen) atoms. The van der Waals surface area contributed by atoms with E-state index in [1.54, 1.807) is 20.2 Å². The zero-order valence-electron chi connectivity index (χ0n) is 13.7. The van der Waals surface area contributed by atoms with Gasteiger partial charge in [-0.2, -0.15) is 22.8 Å². The van der Waals surface area contributed by atoms with Crippen LogP contribution in [-0.2, 0) is 20.6 Å². The van der Waals surface area contributed by atoms with Crippen LogP contribution >= 0.6 is 0 Å². The van der Waals surface area contributed by atoms with Crippen LogP contribution in [0, 0.1) is 11.3 Å². The molecule has 1 heterocycles. The smallest absolute Gasteiger partial charge is 0.379 e. The molecule has 136 valence electrons. The molecule has 0 N–H and O–H groups in total. The van der Waals surface area contributed by atoms with Crippen molar-refractivity contribution in [2.45, 2.75) is 6.18 Å². The highest BCUT2D eigenvalue weighted by Crippen LogP contribution is 2.39. The van der Waals surface area contributed by atoms with Crippen LogP contribution in [0.1, 0.15) is 11.1 Å². The van der Waals surface area contributed by atoms with Gasteiger partial charge in [-0.3, -0.25) is 0 Å². The molecular weight excluding hydrogens is 357 g/mol. The van der Waals surface area contributed by atoms with Crippen LogP contribution < -0.4 is 0 Å². The van der Waals surface area contributed by atoms with E-state index in [-0.39, 0.29) is 36.1 Å². The van der Waals surface area contributed by atoms with Gasteiger partial charge < -0.3 is 9.64 Å². The van der Waals surface area contributed by atoms with Gasteiger partial charge in [-0.05, 0) is 12.1 Å². The normalized spacial score (nSPS) is 17.3. The number of nitriles is 1. The lowest BCUT2D eigenvalue weighted by atomic mass is 10.0. The molecule has 1 aromatic carbocycles. The lowest BCUT2D eigenvalue weighted by Crippen LogP contribution is -2.25. The SMILES string of the molecule is CN(C)/C=N/c1cc(N=S2(=O)CCOCC2)cc(C(F)(F)F)c1C#N. The maximum absolute atomic E-state index is 13.3. The third-order valence-corrected chi connectivity index (χ3v) is 5.47. The summed E-state index contributed by atoms with van der Waals surface area (Å²) >= 11 is 0. The maximum atomic E-state index is 13.3. The first kappa shape index (κ1) is 19.2. The molecule has 0 unspecified atom stereocenters. The van der Waals surface area contributed by atoms with Crippen molar-refractivity contribution < 1.29 is 22.1 Å². The number of hydrogen-bond donors (Lipinski definition) is 0. The van der Waals surface area contributed by atoms with Gasteiger partial charge in [0.05, 0.1) is 63.3 Å². The minimum absolute atomic E-state index is 0.107. The molecule has 0 aromatic heterocycles. The van der Waals surface area contributed by atoms with E-state index in [0.29, 0.717) is 0 Å². The highest BCUT2D eigenvalue weighted by atomic mass is 32.2. The maximum Gasteiger partial charge on any atom is 0.417 e. The second-order valence-electron chi connectivity index (χ2n) is 5.59. The molecule has 0 bridgehead atoms. The summed E-state index contributed by atoms with van der Waals surface area (Å²) in [7, 11) is 0.607. The Morgan fingerprint density at radius 3 is 2.48 bits per heavy atom. The van der Waals surface area contributed by atoms with Crippen molar-refractivity contribution in [3.05, 3.63) is 23.3 Å². The first-order valence-corrected chi connectivity index (χ1v) is 9.16. The molecular formula is C15H17F3N4O2S. The molecule has 1 fully saturated rings. The number of halogens is 3. The Labute approximate surface area is 144 Å². The molecule has 1 aromatic rings. The first-order chi connectivity index (χ1) is 11.6. The van der Waals surface area contributed by atoms with Crippen LogP contribution in [0.2, 0.25) is 0 Å². The standard InChI is InChI=1S/C15H17F3N4O2S/c1-22(2)10-20-14-8-11(21-25(23)5-3-24-4-6-25)7-13(12(14)9-19)15(16,17)18/h7-8,10H,3-6H2,1-2H3/b20-10+. The number of benzene rings is 1. The molecule has 0 amide bonds. The Bertz CT molecular complexity index is 822. The van der Waals surface area contributed by atoms with Gasteiger partial charge in [0, 0.05) is 14.1 Å². The summed E-state index contributed by atoms with van der Waals surface area (Å²) in [6.45, 7) is 0.493. The number of ether oxygens (including phenoxy) is 1. The van der Waals surface area contributed by atoms with E-state index in [2.05, 4.69) is 9.36 Å². The third kappa shape index (κ3) is 4.93. The molecule has 2 rings (SSSR count). The molecule has 6 nitrogen and oxygen atoms in total. The van der Waals surface area contributed by atoms with E-state index in [0.717, 1.165) is 6.07 Å². The monoisotopic (exact) mass is 374 g/mol. The predicted octanol–water partition coefficient (Wildman–Crippen LogP) is 2.93. The van der Waals surface area contributed by atoms with Crippen molar-refractivity contribution in [3.8, 4) is 6.07 Å². The van der Waals surface area contributed by atoms with Crippen molar-refractivity contribution in [2.75, 3.05) is 38.8 Å². The van der Waals surface area contributed by atoms with E-state index in [1.807, 2.05) is 0 Å². The average molecular weight is 374 g/mol. The number of alkyl halides is 3. The van der Waals surface area contributed by atoms with Crippen molar-refractivity contribution in [1.29, 1.82) is 5.26 Å². The largest absolute Gasteiger partial charge is 0.417 e. The molecule has 0 radical (unpaired) electrons. The second kappa shape index (κ2) is 7.41. The van der Waals surface area contributed by atoms with Gasteiger partial charge in [-0.25, -0.2) is 9.20 Å². The Balaban J connectivity index is 2.66. The van der Waals surface area contributed by atoms with E-state index in [1.165, 1.54) is 17.3 Å². The number of rotatable bonds is 3. The van der Waals surface area contributed by atoms with E-state index in [4.69, 9.17) is 10.00 Å². The van der Waals surface area contributed by atoms with Gasteiger partial charge in [0.2, 0.25) is 0 Å². The number of nitrogens with zero attached hydrogens (tertiary/aromatic N) is 4. The van der Waals surface area contributed by atoms with Crippen LogP contribution in [0.5, 0.6) is 0 Å². The number of aliphatic imine (C=N–C) groups is 1. The zero-order valence-corrected chi connectivity index (χ0v) is 14.5. The fourth-order valence-electron chi connectivity index (χ4n) is 2.15. The minimum atomic E-state index is -4.75. The summed E-state index contributed by atoms with van der Waals surface area (Å²) in [5.41, 5.74) is -2.01. The van der Waals surface area contributed by atoms with Crippen molar-refractivity contribution in [1.82, 2.24) is 4.90 Å². The van der Waals surface area contributed by atoms with Gasteiger partial charge in [-0.15, -0.1) is 0 Å². The lowest BCUT2D eigenvalue weighted by Gasteiger charge is -2.17. The fraction of sp³-hybridized carbons (Fsp3) is 0.467. The van der Waals surface area contributed by atoms with E-state index < -0.39 is 27.0 Å². The van der Waals surface area contributed by atoms with Gasteiger partial charge in [-0.1, -0.05) is 0 Å². The van der Waals surface area contributed by atoms with E-state index in [9.17, 15) is 17.4 Å². The van der Waals surface area contributed by atoms with Crippen molar-refractivity contribution in [3.63, 3.8) is 0 Å². The summed E-state index contributed by atoms with van der Waals surface area (Å²) in [6, 6.07) is 3.54. The van der Waals surface area contributed by atoms with Crippen LogP contribution in [0.4, 0.5) is 24.5 Å². The molecule has 10 heteroatoms. The Morgan fingerprint density at radius 2 is 1.96 bits per heavy atom. The Kier molecular flexibility index (Phi) is 5.69.